The highest BCUT2D eigenvalue weighted by Crippen LogP contribution is 2.34. The molecule has 0 bridgehead atoms. The van der Waals surface area contributed by atoms with Crippen LogP contribution < -0.4 is 9.64 Å². The van der Waals surface area contributed by atoms with Crippen molar-refractivity contribution in [2.24, 2.45) is 0 Å². The molecule has 1 aromatic carbocycles. The number of phenolic OH excluding ortho intramolecular Hbond substituents is 1. The molecule has 1 N–H and O–H groups in total. The van der Waals surface area contributed by atoms with Crippen LogP contribution in [-0.2, 0) is 19.6 Å². The van der Waals surface area contributed by atoms with Gasteiger partial charge < -0.3 is 19.6 Å². The molecule has 0 radical (unpaired) electrons. The van der Waals surface area contributed by atoms with Gasteiger partial charge in [0.25, 0.3) is 0 Å². The first-order valence-corrected chi connectivity index (χ1v) is 12.7. The number of piperazine rings is 1. The molecule has 2 fully saturated rings. The number of anilines is 1. The molecule has 5 rings (SSSR count). The molecule has 36 heavy (non-hydrogen) atoms. The van der Waals surface area contributed by atoms with Gasteiger partial charge in [0, 0.05) is 62.5 Å². The summed E-state index contributed by atoms with van der Waals surface area (Å²) in [4.78, 5) is 18.5. The zero-order chi connectivity index (χ0) is 25.2. The Labute approximate surface area is 211 Å². The van der Waals surface area contributed by atoms with Gasteiger partial charge in [0.15, 0.2) is 0 Å². The van der Waals surface area contributed by atoms with E-state index in [9.17, 15) is 14.8 Å². The average Bonchev–Trinajstić information content (AvgIpc) is 3.46. The maximum Gasteiger partial charge on any atom is 0.318 e. The number of hydrogen-bond donors (Lipinski definition) is 1. The normalized spacial score (nSPS) is 23.1. The van der Waals surface area contributed by atoms with Crippen molar-refractivity contribution in [1.82, 2.24) is 24.7 Å². The number of benzene rings is 1. The molecule has 9 nitrogen and oxygen atoms in total. The lowest BCUT2D eigenvalue weighted by Crippen LogP contribution is -2.51. The second kappa shape index (κ2) is 10.5. The van der Waals surface area contributed by atoms with E-state index >= 15 is 0 Å². The molecule has 3 aliphatic rings. The maximum absolute atomic E-state index is 14.4. The van der Waals surface area contributed by atoms with Crippen LogP contribution in [-0.4, -0.2) is 88.7 Å². The Hall–Kier alpha value is -3.00. The van der Waals surface area contributed by atoms with E-state index in [4.69, 9.17) is 14.7 Å². The zero-order valence-corrected chi connectivity index (χ0v) is 21.0. The number of aromatic nitrogens is 2. The van der Waals surface area contributed by atoms with E-state index in [1.54, 1.807) is 0 Å². The average molecular weight is 496 g/mol. The minimum Gasteiger partial charge on any atom is -0.508 e. The predicted molar refractivity (Wildman–Crippen MR) is 133 cm³/mol. The number of nitriles is 1. The van der Waals surface area contributed by atoms with Crippen molar-refractivity contribution in [1.29, 1.82) is 5.26 Å². The molecule has 0 saturated carbocycles. The van der Waals surface area contributed by atoms with E-state index in [-0.39, 0.29) is 17.6 Å². The molecule has 10 heteroatoms. The predicted octanol–water partition coefficient (Wildman–Crippen LogP) is 2.34. The number of likely N-dealkylation sites (N-methyl/N-ethyl adjacent to an activating group) is 2. The minimum atomic E-state index is -0.335. The first-order valence-electron chi connectivity index (χ1n) is 12.7. The lowest BCUT2D eigenvalue weighted by Gasteiger charge is -2.39. The standard InChI is InChI=1S/C26H34FN7O2/c1-31-9-3-4-20(31)17-36-26-29-24-16-33(13-18-12-21(35)5-6-23(18)27)15-22(24)25(30-26)34-11-10-32(2)19(14-34)7-8-28/h5-6,12,19-20,35H,3-4,7,9-11,13-17H2,1-2H3/t19-,20-/m0/s1. The van der Waals surface area contributed by atoms with Gasteiger partial charge in [-0.1, -0.05) is 0 Å². The highest BCUT2D eigenvalue weighted by Gasteiger charge is 2.32. The van der Waals surface area contributed by atoms with Gasteiger partial charge in [-0.15, -0.1) is 0 Å². The van der Waals surface area contributed by atoms with Gasteiger partial charge in [-0.3, -0.25) is 9.80 Å². The van der Waals surface area contributed by atoms with E-state index in [1.165, 1.54) is 24.6 Å². The van der Waals surface area contributed by atoms with Gasteiger partial charge >= 0.3 is 6.01 Å². The van der Waals surface area contributed by atoms with Gasteiger partial charge in [-0.2, -0.15) is 15.2 Å². The molecule has 0 unspecified atom stereocenters. The van der Waals surface area contributed by atoms with Gasteiger partial charge in [-0.05, 0) is 51.7 Å². The van der Waals surface area contributed by atoms with Crippen molar-refractivity contribution in [2.45, 2.75) is 51.0 Å². The summed E-state index contributed by atoms with van der Waals surface area (Å²) in [5, 5.41) is 19.1. The topological polar surface area (TPSA) is 92.0 Å². The van der Waals surface area contributed by atoms with Gasteiger partial charge in [-0.25, -0.2) is 4.39 Å². The molecule has 4 heterocycles. The van der Waals surface area contributed by atoms with Crippen LogP contribution in [0.15, 0.2) is 18.2 Å². The number of likely N-dealkylation sites (tertiary alicyclic amines) is 1. The molecule has 3 aliphatic heterocycles. The molecule has 1 aromatic heterocycles. The zero-order valence-electron chi connectivity index (χ0n) is 21.0. The van der Waals surface area contributed by atoms with Gasteiger partial charge in [0.1, 0.15) is 24.0 Å². The summed E-state index contributed by atoms with van der Waals surface area (Å²) < 4.78 is 20.5. The minimum absolute atomic E-state index is 0.0529. The van der Waals surface area contributed by atoms with Gasteiger partial charge in [0.2, 0.25) is 0 Å². The highest BCUT2D eigenvalue weighted by molar-refractivity contribution is 5.52. The summed E-state index contributed by atoms with van der Waals surface area (Å²) in [6.07, 6.45) is 2.73. The number of hydrogen-bond acceptors (Lipinski definition) is 9. The lowest BCUT2D eigenvalue weighted by atomic mass is 10.1. The fourth-order valence-electron chi connectivity index (χ4n) is 5.47. The fourth-order valence-corrected chi connectivity index (χ4v) is 5.47. The van der Waals surface area contributed by atoms with Crippen molar-refractivity contribution < 1.29 is 14.2 Å². The van der Waals surface area contributed by atoms with Gasteiger partial charge in [0.05, 0.1) is 18.2 Å². The first-order chi connectivity index (χ1) is 17.4. The van der Waals surface area contributed by atoms with Crippen LogP contribution in [0.1, 0.15) is 36.1 Å². The van der Waals surface area contributed by atoms with E-state index in [2.05, 4.69) is 39.8 Å². The lowest BCUT2D eigenvalue weighted by molar-refractivity contribution is 0.187. The van der Waals surface area contributed by atoms with Crippen molar-refractivity contribution in [3.05, 3.63) is 40.8 Å². The molecule has 192 valence electrons. The van der Waals surface area contributed by atoms with E-state index in [0.29, 0.717) is 56.8 Å². The number of rotatable bonds is 7. The van der Waals surface area contributed by atoms with Crippen molar-refractivity contribution in [2.75, 3.05) is 51.8 Å². The SMILES string of the molecule is CN1CCC[C@H]1COc1nc2c(c(N3CCN(C)[C@@H](CC#N)C3)n1)CN(Cc1cc(O)ccc1F)C2. The Balaban J connectivity index is 1.40. The number of nitrogens with zero attached hydrogens (tertiary/aromatic N) is 7. The Morgan fingerprint density at radius 2 is 1.97 bits per heavy atom. The summed E-state index contributed by atoms with van der Waals surface area (Å²) >= 11 is 0. The first kappa shape index (κ1) is 24.7. The Kier molecular flexibility index (Phi) is 7.23. The summed E-state index contributed by atoms with van der Waals surface area (Å²) in [5.74, 6) is 0.569. The van der Waals surface area contributed by atoms with Crippen LogP contribution in [0.4, 0.5) is 10.2 Å². The van der Waals surface area contributed by atoms with E-state index in [0.717, 1.165) is 43.1 Å². The highest BCUT2D eigenvalue weighted by atomic mass is 19.1. The van der Waals surface area contributed by atoms with Crippen LogP contribution in [0.3, 0.4) is 0 Å². The molecular weight excluding hydrogens is 461 g/mol. The summed E-state index contributed by atoms with van der Waals surface area (Å²) in [6.45, 7) is 5.47. The molecule has 0 spiro atoms. The van der Waals surface area contributed by atoms with Crippen LogP contribution in [0, 0.1) is 17.1 Å². The van der Waals surface area contributed by atoms with Crippen LogP contribution in [0.25, 0.3) is 0 Å². The van der Waals surface area contributed by atoms with Crippen molar-refractivity contribution in [3.8, 4) is 17.8 Å². The monoisotopic (exact) mass is 495 g/mol. The number of halogens is 1. The molecule has 0 amide bonds. The molecular formula is C26H34FN7O2. The largest absolute Gasteiger partial charge is 0.508 e. The Morgan fingerprint density at radius 3 is 2.75 bits per heavy atom. The molecule has 2 saturated heterocycles. The number of ether oxygens (including phenoxy) is 1. The Bertz CT molecular complexity index is 1140. The van der Waals surface area contributed by atoms with Crippen LogP contribution in [0.5, 0.6) is 11.8 Å². The maximum atomic E-state index is 14.4. The summed E-state index contributed by atoms with van der Waals surface area (Å²) in [5.41, 5.74) is 2.37. The smallest absolute Gasteiger partial charge is 0.318 e. The fraction of sp³-hybridized carbons (Fsp3) is 0.577. The summed E-state index contributed by atoms with van der Waals surface area (Å²) in [7, 11) is 4.18. The van der Waals surface area contributed by atoms with Crippen molar-refractivity contribution in [3.63, 3.8) is 0 Å². The number of aromatic hydroxyl groups is 1. The molecule has 2 aromatic rings. The molecule has 0 aliphatic carbocycles. The van der Waals surface area contributed by atoms with Crippen molar-refractivity contribution >= 4 is 5.82 Å². The summed E-state index contributed by atoms with van der Waals surface area (Å²) in [6, 6.07) is 7.31. The third-order valence-electron chi connectivity index (χ3n) is 7.71. The van der Waals surface area contributed by atoms with E-state index < -0.39 is 0 Å². The number of fused-ring (bicyclic) bond motifs is 1. The second-order valence-corrected chi connectivity index (χ2v) is 10.2. The third kappa shape index (κ3) is 5.24. The molecule has 2 atom stereocenters. The third-order valence-corrected chi connectivity index (χ3v) is 7.71. The second-order valence-electron chi connectivity index (χ2n) is 10.2. The van der Waals surface area contributed by atoms with Crippen LogP contribution >= 0.6 is 0 Å². The quantitative estimate of drug-likeness (QED) is 0.621. The Morgan fingerprint density at radius 1 is 1.14 bits per heavy atom. The van der Waals surface area contributed by atoms with E-state index in [1.807, 2.05) is 0 Å². The number of phenols is 1. The van der Waals surface area contributed by atoms with Crippen LogP contribution in [0.2, 0.25) is 0 Å².